The van der Waals surface area contributed by atoms with E-state index in [1.165, 1.54) is 36.0 Å². The Morgan fingerprint density at radius 1 is 1.11 bits per heavy atom. The van der Waals surface area contributed by atoms with Gasteiger partial charge in [0.05, 0.1) is 16.7 Å². The van der Waals surface area contributed by atoms with E-state index in [9.17, 15) is 18.8 Å². The predicted molar refractivity (Wildman–Crippen MR) is 137 cm³/mol. The number of halogens is 1. The largest absolute Gasteiger partial charge is 0.349 e. The lowest BCUT2D eigenvalue weighted by Gasteiger charge is -2.15. The molecule has 3 aromatic rings. The Bertz CT molecular complexity index is 1280. The van der Waals surface area contributed by atoms with Crippen molar-refractivity contribution in [3.63, 3.8) is 0 Å². The van der Waals surface area contributed by atoms with E-state index in [0.717, 1.165) is 32.1 Å². The van der Waals surface area contributed by atoms with Crippen molar-refractivity contribution in [2.24, 2.45) is 5.92 Å². The number of benzene rings is 2. The summed E-state index contributed by atoms with van der Waals surface area (Å²) in [4.78, 5) is 43.5. The Labute approximate surface area is 208 Å². The molecule has 0 spiro atoms. The van der Waals surface area contributed by atoms with E-state index in [2.05, 4.69) is 19.2 Å². The average Bonchev–Trinajstić information content (AvgIpc) is 3.35. The number of thioether (sulfide) groups is 1. The molecule has 8 heteroatoms. The summed E-state index contributed by atoms with van der Waals surface area (Å²) in [5, 5.41) is 3.95. The Balaban J connectivity index is 1.63. The van der Waals surface area contributed by atoms with Gasteiger partial charge in [0.2, 0.25) is 0 Å². The fourth-order valence-electron chi connectivity index (χ4n) is 4.22. The van der Waals surface area contributed by atoms with E-state index in [4.69, 9.17) is 4.98 Å². The van der Waals surface area contributed by atoms with E-state index in [0.29, 0.717) is 39.6 Å². The Kier molecular flexibility index (Phi) is 8.00. The molecule has 1 aliphatic rings. The van der Waals surface area contributed by atoms with Crippen LogP contribution in [0.4, 0.5) is 4.39 Å². The van der Waals surface area contributed by atoms with E-state index in [1.807, 2.05) is 0 Å². The molecule has 0 aliphatic heterocycles. The van der Waals surface area contributed by atoms with Gasteiger partial charge in [0, 0.05) is 23.7 Å². The van der Waals surface area contributed by atoms with Crippen molar-refractivity contribution in [1.82, 2.24) is 14.9 Å². The molecule has 0 bridgehead atoms. The summed E-state index contributed by atoms with van der Waals surface area (Å²) >= 11 is 1.18. The second-order valence-electron chi connectivity index (χ2n) is 9.44. The van der Waals surface area contributed by atoms with Crippen LogP contribution >= 0.6 is 11.8 Å². The van der Waals surface area contributed by atoms with Gasteiger partial charge in [-0.3, -0.25) is 19.0 Å². The summed E-state index contributed by atoms with van der Waals surface area (Å²) < 4.78 is 14.8. The van der Waals surface area contributed by atoms with Gasteiger partial charge in [-0.1, -0.05) is 38.5 Å². The lowest BCUT2D eigenvalue weighted by Crippen LogP contribution is -2.32. The zero-order chi connectivity index (χ0) is 24.9. The van der Waals surface area contributed by atoms with E-state index in [-0.39, 0.29) is 29.0 Å². The number of hydrogen-bond donors (Lipinski definition) is 1. The van der Waals surface area contributed by atoms with Crippen LogP contribution in [-0.4, -0.2) is 33.0 Å². The molecular weight excluding hydrogens is 465 g/mol. The Morgan fingerprint density at radius 3 is 2.49 bits per heavy atom. The fraction of sp³-hybridized carbons (Fsp3) is 0.407. The van der Waals surface area contributed by atoms with Crippen LogP contribution < -0.4 is 10.9 Å². The number of hydrogen-bond acceptors (Lipinski definition) is 5. The first-order chi connectivity index (χ1) is 16.8. The monoisotopic (exact) mass is 495 g/mol. The summed E-state index contributed by atoms with van der Waals surface area (Å²) in [6.07, 6.45) is 5.01. The van der Waals surface area contributed by atoms with Gasteiger partial charge in [-0.25, -0.2) is 9.37 Å². The van der Waals surface area contributed by atoms with Gasteiger partial charge in [0.15, 0.2) is 10.9 Å². The van der Waals surface area contributed by atoms with E-state index in [1.54, 1.807) is 22.8 Å². The maximum absolute atomic E-state index is 13.4. The highest BCUT2D eigenvalue weighted by molar-refractivity contribution is 7.99. The van der Waals surface area contributed by atoms with Crippen LogP contribution in [0.15, 0.2) is 52.4 Å². The highest BCUT2D eigenvalue weighted by atomic mass is 32.2. The predicted octanol–water partition coefficient (Wildman–Crippen LogP) is 5.23. The molecule has 0 atom stereocenters. The lowest BCUT2D eigenvalue weighted by atomic mass is 10.1. The zero-order valence-electron chi connectivity index (χ0n) is 20.1. The molecule has 35 heavy (non-hydrogen) atoms. The average molecular weight is 496 g/mol. The van der Waals surface area contributed by atoms with Crippen LogP contribution in [0.25, 0.3) is 10.9 Å². The molecule has 2 aromatic carbocycles. The molecular formula is C27H30FN3O3S. The summed E-state index contributed by atoms with van der Waals surface area (Å²) in [5.41, 5.74) is 1.12. The van der Waals surface area contributed by atoms with Crippen LogP contribution in [0.1, 0.15) is 66.7 Å². The van der Waals surface area contributed by atoms with Crippen molar-refractivity contribution in [3.8, 4) is 0 Å². The molecule has 1 N–H and O–H groups in total. The molecule has 184 valence electrons. The maximum Gasteiger partial charge on any atom is 0.262 e. The Morgan fingerprint density at radius 2 is 1.80 bits per heavy atom. The molecule has 4 rings (SSSR count). The van der Waals surface area contributed by atoms with E-state index >= 15 is 0 Å². The van der Waals surface area contributed by atoms with Gasteiger partial charge >= 0.3 is 0 Å². The van der Waals surface area contributed by atoms with Crippen LogP contribution in [-0.2, 0) is 6.54 Å². The van der Waals surface area contributed by atoms with Gasteiger partial charge in [0.25, 0.3) is 11.5 Å². The number of amides is 1. The van der Waals surface area contributed by atoms with Crippen LogP contribution in [0.2, 0.25) is 0 Å². The summed E-state index contributed by atoms with van der Waals surface area (Å²) in [5.74, 6) is -0.291. The Hall–Kier alpha value is -3.00. The summed E-state index contributed by atoms with van der Waals surface area (Å²) in [6.45, 7) is 4.65. The standard InChI is InChI=1S/C27H30FN3O3S/c1-17(2)13-14-31-26(34)22-12-9-19(25(33)29-21-5-3-4-6-21)15-23(22)30-27(31)35-16-24(32)18-7-10-20(28)11-8-18/h7-12,15,17,21H,3-6,13-14,16H2,1-2H3,(H,29,33). The molecule has 1 fully saturated rings. The number of ketones is 1. The number of carbonyl (C=O) groups excluding carboxylic acids is 2. The molecule has 1 heterocycles. The molecule has 1 amide bonds. The quantitative estimate of drug-likeness (QED) is 0.250. The van der Waals surface area contributed by atoms with Crippen molar-refractivity contribution in [3.05, 3.63) is 69.8 Å². The van der Waals surface area contributed by atoms with Crippen LogP contribution in [0, 0.1) is 11.7 Å². The topological polar surface area (TPSA) is 81.1 Å². The maximum atomic E-state index is 13.4. The van der Waals surface area contributed by atoms with Gasteiger partial charge in [-0.15, -0.1) is 0 Å². The zero-order valence-corrected chi connectivity index (χ0v) is 20.9. The highest BCUT2D eigenvalue weighted by Crippen LogP contribution is 2.22. The number of aromatic nitrogens is 2. The molecule has 1 saturated carbocycles. The highest BCUT2D eigenvalue weighted by Gasteiger charge is 2.20. The third-order valence-corrected chi connectivity index (χ3v) is 7.28. The molecule has 1 aromatic heterocycles. The first kappa shape index (κ1) is 25.1. The van der Waals surface area contributed by atoms with Crippen molar-refractivity contribution in [2.45, 2.75) is 63.7 Å². The third kappa shape index (κ3) is 6.17. The first-order valence-corrected chi connectivity index (χ1v) is 13.1. The van der Waals surface area contributed by atoms with Crippen molar-refractivity contribution >= 4 is 34.4 Å². The minimum Gasteiger partial charge on any atom is -0.349 e. The molecule has 0 saturated heterocycles. The van der Waals surface area contributed by atoms with Gasteiger partial charge in [0.1, 0.15) is 5.82 Å². The summed E-state index contributed by atoms with van der Waals surface area (Å²) in [6, 6.07) is 10.6. The third-order valence-electron chi connectivity index (χ3n) is 6.30. The van der Waals surface area contributed by atoms with Crippen LogP contribution in [0.5, 0.6) is 0 Å². The smallest absolute Gasteiger partial charge is 0.262 e. The van der Waals surface area contributed by atoms with Gasteiger partial charge in [-0.2, -0.15) is 0 Å². The molecule has 1 aliphatic carbocycles. The van der Waals surface area contributed by atoms with Crippen molar-refractivity contribution in [2.75, 3.05) is 5.75 Å². The number of Topliss-reactive ketones (excluding diaryl/α,β-unsaturated/α-hetero) is 1. The molecule has 6 nitrogen and oxygen atoms in total. The van der Waals surface area contributed by atoms with Crippen molar-refractivity contribution < 1.29 is 14.0 Å². The fourth-order valence-corrected chi connectivity index (χ4v) is 5.14. The molecule has 0 unspecified atom stereocenters. The van der Waals surface area contributed by atoms with E-state index < -0.39 is 5.82 Å². The number of carbonyl (C=O) groups is 2. The van der Waals surface area contributed by atoms with Gasteiger partial charge in [-0.05, 0) is 67.6 Å². The lowest BCUT2D eigenvalue weighted by molar-refractivity contribution is 0.0937. The molecule has 0 radical (unpaired) electrons. The second kappa shape index (κ2) is 11.2. The number of fused-ring (bicyclic) bond motifs is 1. The second-order valence-corrected chi connectivity index (χ2v) is 10.4. The summed E-state index contributed by atoms with van der Waals surface area (Å²) in [7, 11) is 0. The SMILES string of the molecule is CC(C)CCn1c(SCC(=O)c2ccc(F)cc2)nc2cc(C(=O)NC3CCCC3)ccc2c1=O. The first-order valence-electron chi connectivity index (χ1n) is 12.1. The van der Waals surface area contributed by atoms with Crippen LogP contribution in [0.3, 0.4) is 0 Å². The van der Waals surface area contributed by atoms with Crippen molar-refractivity contribution in [1.29, 1.82) is 0 Å². The normalized spacial score (nSPS) is 14.1. The minimum absolute atomic E-state index is 0.0626. The van der Waals surface area contributed by atoms with Gasteiger partial charge < -0.3 is 5.32 Å². The number of nitrogens with zero attached hydrogens (tertiary/aromatic N) is 2. The minimum atomic E-state index is -0.402. The number of rotatable bonds is 9. The number of nitrogens with one attached hydrogen (secondary N) is 1.